The van der Waals surface area contributed by atoms with Crippen LogP contribution in [0, 0.1) is 0 Å². The van der Waals surface area contributed by atoms with Crippen LogP contribution in [0.2, 0.25) is 0 Å². The van der Waals surface area contributed by atoms with Crippen LogP contribution >= 0.6 is 15.9 Å². The number of rotatable bonds is 4. The molecule has 0 bridgehead atoms. The van der Waals surface area contributed by atoms with Crippen LogP contribution in [0.5, 0.6) is 0 Å². The minimum absolute atomic E-state index is 0.0732. The topological polar surface area (TPSA) is 42.2 Å². The number of amides is 1. The summed E-state index contributed by atoms with van der Waals surface area (Å²) in [6.07, 6.45) is 5.28. The molecule has 0 unspecified atom stereocenters. The molecule has 0 aromatic carbocycles. The third-order valence-corrected chi connectivity index (χ3v) is 4.50. The first kappa shape index (κ1) is 12.7. The van der Waals surface area contributed by atoms with Crippen LogP contribution in [0.4, 0.5) is 0 Å². The lowest BCUT2D eigenvalue weighted by molar-refractivity contribution is 0.0880. The highest BCUT2D eigenvalue weighted by Gasteiger charge is 2.34. The summed E-state index contributed by atoms with van der Waals surface area (Å²) in [5.74, 6) is 1.19. The number of carbonyl (C=O) groups excluding carboxylic acids is 1. The summed E-state index contributed by atoms with van der Waals surface area (Å²) in [5, 5.41) is 3.93. The molecule has 1 N–H and O–H groups in total. The fourth-order valence-electron chi connectivity index (χ4n) is 2.34. The molecule has 0 saturated heterocycles. The van der Waals surface area contributed by atoms with E-state index in [9.17, 15) is 4.79 Å². The number of nitrogens with one attached hydrogen (secondary N) is 1. The van der Waals surface area contributed by atoms with E-state index in [1.54, 1.807) is 6.07 Å². The first-order chi connectivity index (χ1) is 8.19. The minimum atomic E-state index is -0.0916. The van der Waals surface area contributed by atoms with Crippen molar-refractivity contribution in [3.8, 4) is 0 Å². The van der Waals surface area contributed by atoms with Gasteiger partial charge in [-0.2, -0.15) is 0 Å². The molecule has 1 aromatic rings. The van der Waals surface area contributed by atoms with E-state index in [1.807, 2.05) is 13.0 Å². The zero-order valence-electron chi connectivity index (χ0n) is 10.1. The molecule has 1 aliphatic rings. The summed E-state index contributed by atoms with van der Waals surface area (Å²) in [7, 11) is 0. The van der Waals surface area contributed by atoms with Gasteiger partial charge >= 0.3 is 0 Å². The van der Waals surface area contributed by atoms with Crippen LogP contribution < -0.4 is 5.32 Å². The Morgan fingerprint density at radius 3 is 2.71 bits per heavy atom. The van der Waals surface area contributed by atoms with Gasteiger partial charge in [0.05, 0.1) is 5.54 Å². The monoisotopic (exact) mass is 299 g/mol. The van der Waals surface area contributed by atoms with Crippen molar-refractivity contribution in [2.45, 2.75) is 44.6 Å². The van der Waals surface area contributed by atoms with Crippen LogP contribution in [-0.4, -0.2) is 16.8 Å². The predicted molar refractivity (Wildman–Crippen MR) is 70.5 cm³/mol. The molecule has 1 saturated carbocycles. The Bertz CT molecular complexity index is 394. The molecule has 0 spiro atoms. The van der Waals surface area contributed by atoms with Gasteiger partial charge in [0.15, 0.2) is 5.76 Å². The standard InChI is InChI=1S/C13H18BrNO2/c1-2-10-5-6-11(17-10)12(16)15-13(9-14)7-3-4-8-13/h5-6H,2-4,7-9H2,1H3,(H,15,16). The van der Waals surface area contributed by atoms with Crippen molar-refractivity contribution in [1.82, 2.24) is 5.32 Å². The van der Waals surface area contributed by atoms with Gasteiger partial charge in [-0.3, -0.25) is 4.79 Å². The smallest absolute Gasteiger partial charge is 0.287 e. The molecule has 1 heterocycles. The van der Waals surface area contributed by atoms with Gasteiger partial charge in [-0.25, -0.2) is 0 Å². The quantitative estimate of drug-likeness (QED) is 0.867. The summed E-state index contributed by atoms with van der Waals surface area (Å²) in [4.78, 5) is 12.1. The molecule has 0 radical (unpaired) electrons. The van der Waals surface area contributed by atoms with Crippen LogP contribution in [0.25, 0.3) is 0 Å². The first-order valence-electron chi connectivity index (χ1n) is 6.16. The first-order valence-corrected chi connectivity index (χ1v) is 7.28. The lowest BCUT2D eigenvalue weighted by Crippen LogP contribution is -2.47. The second kappa shape index (κ2) is 5.25. The molecule has 1 amide bonds. The highest BCUT2D eigenvalue weighted by molar-refractivity contribution is 9.09. The van der Waals surface area contributed by atoms with E-state index in [2.05, 4.69) is 21.2 Å². The molecular weight excluding hydrogens is 282 g/mol. The molecule has 1 aliphatic carbocycles. The molecule has 17 heavy (non-hydrogen) atoms. The Morgan fingerprint density at radius 2 is 2.18 bits per heavy atom. The Kier molecular flexibility index (Phi) is 3.92. The Morgan fingerprint density at radius 1 is 1.47 bits per heavy atom. The number of aryl methyl sites for hydroxylation is 1. The predicted octanol–water partition coefficient (Wildman–Crippen LogP) is 3.28. The lowest BCUT2D eigenvalue weighted by Gasteiger charge is -2.27. The van der Waals surface area contributed by atoms with E-state index in [0.717, 1.165) is 30.4 Å². The maximum Gasteiger partial charge on any atom is 0.287 e. The Labute approximate surface area is 110 Å². The highest BCUT2D eigenvalue weighted by atomic mass is 79.9. The van der Waals surface area contributed by atoms with Crippen LogP contribution in [0.15, 0.2) is 16.5 Å². The average Bonchev–Trinajstić information content (AvgIpc) is 2.97. The summed E-state index contributed by atoms with van der Waals surface area (Å²) in [6, 6.07) is 3.62. The molecule has 2 rings (SSSR count). The Hall–Kier alpha value is -0.770. The number of furan rings is 1. The molecule has 94 valence electrons. The zero-order chi connectivity index (χ0) is 12.3. The molecule has 4 heteroatoms. The zero-order valence-corrected chi connectivity index (χ0v) is 11.7. The summed E-state index contributed by atoms with van der Waals surface area (Å²) >= 11 is 3.51. The van der Waals surface area contributed by atoms with E-state index in [1.165, 1.54) is 12.8 Å². The number of alkyl halides is 1. The van der Waals surface area contributed by atoms with Crippen molar-refractivity contribution in [3.05, 3.63) is 23.7 Å². The fourth-order valence-corrected chi connectivity index (χ4v) is 3.04. The van der Waals surface area contributed by atoms with E-state index in [-0.39, 0.29) is 11.4 Å². The third kappa shape index (κ3) is 2.73. The van der Waals surface area contributed by atoms with Gasteiger partial charge in [-0.1, -0.05) is 35.7 Å². The molecule has 0 aliphatic heterocycles. The maximum absolute atomic E-state index is 12.1. The molecule has 1 aromatic heterocycles. The van der Waals surface area contributed by atoms with Gasteiger partial charge in [0.25, 0.3) is 5.91 Å². The van der Waals surface area contributed by atoms with E-state index >= 15 is 0 Å². The number of carbonyl (C=O) groups is 1. The maximum atomic E-state index is 12.1. The van der Waals surface area contributed by atoms with Gasteiger partial charge < -0.3 is 9.73 Å². The van der Waals surface area contributed by atoms with E-state index in [0.29, 0.717) is 5.76 Å². The second-order valence-electron chi connectivity index (χ2n) is 4.69. The normalized spacial score (nSPS) is 18.2. The summed E-state index contributed by atoms with van der Waals surface area (Å²) < 4.78 is 5.47. The molecular formula is C13H18BrNO2. The summed E-state index contributed by atoms with van der Waals surface area (Å²) in [5.41, 5.74) is -0.0732. The van der Waals surface area contributed by atoms with E-state index < -0.39 is 0 Å². The van der Waals surface area contributed by atoms with Gasteiger partial charge in [0.1, 0.15) is 5.76 Å². The van der Waals surface area contributed by atoms with Crippen LogP contribution in [0.3, 0.4) is 0 Å². The Balaban J connectivity index is 2.05. The summed E-state index contributed by atoms with van der Waals surface area (Å²) in [6.45, 7) is 2.01. The minimum Gasteiger partial charge on any atom is -0.456 e. The fraction of sp³-hybridized carbons (Fsp3) is 0.615. The van der Waals surface area contributed by atoms with Crippen LogP contribution in [0.1, 0.15) is 48.9 Å². The van der Waals surface area contributed by atoms with Crippen molar-refractivity contribution in [1.29, 1.82) is 0 Å². The lowest BCUT2D eigenvalue weighted by atomic mass is 10.0. The van der Waals surface area contributed by atoms with Gasteiger partial charge in [0.2, 0.25) is 0 Å². The van der Waals surface area contributed by atoms with Gasteiger partial charge in [-0.15, -0.1) is 0 Å². The van der Waals surface area contributed by atoms with Crippen molar-refractivity contribution >= 4 is 21.8 Å². The second-order valence-corrected chi connectivity index (χ2v) is 5.26. The van der Waals surface area contributed by atoms with Gasteiger partial charge in [-0.05, 0) is 25.0 Å². The van der Waals surface area contributed by atoms with Crippen molar-refractivity contribution in [2.75, 3.05) is 5.33 Å². The van der Waals surface area contributed by atoms with Crippen molar-refractivity contribution < 1.29 is 9.21 Å². The molecule has 0 atom stereocenters. The van der Waals surface area contributed by atoms with Gasteiger partial charge in [0, 0.05) is 11.8 Å². The highest BCUT2D eigenvalue weighted by Crippen LogP contribution is 2.31. The number of halogens is 1. The molecule has 1 fully saturated rings. The largest absolute Gasteiger partial charge is 0.456 e. The van der Waals surface area contributed by atoms with Crippen molar-refractivity contribution in [2.24, 2.45) is 0 Å². The average molecular weight is 300 g/mol. The third-order valence-electron chi connectivity index (χ3n) is 3.43. The molecule has 3 nitrogen and oxygen atoms in total. The van der Waals surface area contributed by atoms with Crippen LogP contribution in [-0.2, 0) is 6.42 Å². The SMILES string of the molecule is CCc1ccc(C(=O)NC2(CBr)CCCC2)o1. The van der Waals surface area contributed by atoms with E-state index in [4.69, 9.17) is 4.42 Å². The number of hydrogen-bond acceptors (Lipinski definition) is 2. The van der Waals surface area contributed by atoms with Crippen molar-refractivity contribution in [3.63, 3.8) is 0 Å². The number of hydrogen-bond donors (Lipinski definition) is 1.